The Morgan fingerprint density at radius 2 is 1.76 bits per heavy atom. The number of ether oxygens (including phenoxy) is 5. The zero-order valence-corrected chi connectivity index (χ0v) is 28.0. The summed E-state index contributed by atoms with van der Waals surface area (Å²) >= 11 is 0. The minimum atomic E-state index is -2.68. The lowest BCUT2D eigenvalue weighted by atomic mass is 9.88. The number of hydrogen-bond donors (Lipinski definition) is 8. The average molecular weight is 717 g/mol. The van der Waals surface area contributed by atoms with Gasteiger partial charge in [0.25, 0.3) is 11.7 Å². The van der Waals surface area contributed by atoms with Crippen molar-refractivity contribution in [1.29, 1.82) is 0 Å². The van der Waals surface area contributed by atoms with E-state index < -0.39 is 104 Å². The Morgan fingerprint density at radius 3 is 2.43 bits per heavy atom. The summed E-state index contributed by atoms with van der Waals surface area (Å²) in [7, 11) is 0. The Hall–Kier alpha value is -4.15. The lowest BCUT2D eigenvalue weighted by Gasteiger charge is -2.47. The second kappa shape index (κ2) is 17.9. The number of terminal acetylenes is 1. The number of aliphatic hydroxyl groups excluding tert-OH is 5. The number of carbonyl (C=O) groups excluding carboxylic acids is 2. The predicted molar refractivity (Wildman–Crippen MR) is 176 cm³/mol. The molecule has 4 rings (SSSR count). The number of aliphatic carboxylic acids is 1. The van der Waals surface area contributed by atoms with Crippen molar-refractivity contribution < 1.29 is 68.7 Å². The molecular weight excluding hydrogens is 672 g/mol. The van der Waals surface area contributed by atoms with Crippen LogP contribution in [0.15, 0.2) is 54.6 Å². The van der Waals surface area contributed by atoms with Crippen LogP contribution in [0.4, 0.5) is 0 Å². The quantitative estimate of drug-likeness (QED) is 0.0857. The van der Waals surface area contributed by atoms with E-state index in [0.29, 0.717) is 11.5 Å². The molecule has 2 aliphatic rings. The van der Waals surface area contributed by atoms with Crippen molar-refractivity contribution in [3.63, 3.8) is 0 Å². The first-order chi connectivity index (χ1) is 24.3. The van der Waals surface area contributed by atoms with Gasteiger partial charge < -0.3 is 65.0 Å². The van der Waals surface area contributed by atoms with Crippen LogP contribution < -0.4 is 15.4 Å². The maximum Gasteiger partial charge on any atom is 0.364 e. The average Bonchev–Trinajstić information content (AvgIpc) is 3.11. The third kappa shape index (κ3) is 10.0. The van der Waals surface area contributed by atoms with Gasteiger partial charge in [-0.15, -0.1) is 12.3 Å². The number of nitrogens with one attached hydrogen (secondary N) is 2. The van der Waals surface area contributed by atoms with E-state index >= 15 is 0 Å². The Kier molecular flexibility index (Phi) is 13.9. The minimum absolute atomic E-state index is 0.0327. The number of carboxylic acids is 1. The molecule has 2 fully saturated rings. The monoisotopic (exact) mass is 716 g/mol. The highest BCUT2D eigenvalue weighted by Gasteiger charge is 2.56. The maximum atomic E-state index is 13.0. The highest BCUT2D eigenvalue weighted by molar-refractivity contribution is 5.94. The van der Waals surface area contributed by atoms with Crippen molar-refractivity contribution in [2.45, 2.75) is 87.5 Å². The summed E-state index contributed by atoms with van der Waals surface area (Å²) in [4.78, 5) is 37.7. The number of carboxylic acid groups (broad SMARTS) is 1. The fraction of sp³-hybridized carbons (Fsp3) is 0.514. The zero-order chi connectivity index (χ0) is 37.3. The van der Waals surface area contributed by atoms with Crippen molar-refractivity contribution >= 4 is 17.8 Å². The van der Waals surface area contributed by atoms with Crippen LogP contribution in [0.25, 0.3) is 0 Å². The lowest BCUT2D eigenvalue weighted by Crippen LogP contribution is -2.68. The molecule has 11 atom stereocenters. The van der Waals surface area contributed by atoms with E-state index in [4.69, 9.17) is 30.1 Å². The standard InChI is InChI=1S/C35H44N2O14/c1-4-5-14-47-33-29(42)19(2)28(41)26(50-33)18-48-35(34(45)46)16-24(39)27(37-20(3)38)31(51-35)30(43)25(40)17-36-32(44)21-10-9-13-23(15-21)49-22-11-7-6-8-12-22/h1,6-13,15,19,24-31,33,39-43H,5,14,16-18H2,2-3H3,(H,36,44)(H,37,38)(H,45,46)/t19-,24-,25+,26+,27+,28+,29+,30+,31+,33+,35-/m0/s1. The Bertz CT molecular complexity index is 1520. The molecule has 16 heteroatoms. The molecule has 8 N–H and O–H groups in total. The van der Waals surface area contributed by atoms with Gasteiger partial charge in [-0.05, 0) is 30.3 Å². The molecule has 0 aliphatic carbocycles. The first-order valence-corrected chi connectivity index (χ1v) is 16.3. The van der Waals surface area contributed by atoms with Gasteiger partial charge in [0.1, 0.15) is 35.9 Å². The van der Waals surface area contributed by atoms with E-state index in [1.807, 2.05) is 6.07 Å². The number of aliphatic hydroxyl groups is 5. The van der Waals surface area contributed by atoms with Crippen molar-refractivity contribution in [2.75, 3.05) is 19.8 Å². The van der Waals surface area contributed by atoms with E-state index in [1.54, 1.807) is 36.4 Å². The van der Waals surface area contributed by atoms with Gasteiger partial charge in [-0.25, -0.2) is 4.79 Å². The van der Waals surface area contributed by atoms with Gasteiger partial charge in [0.15, 0.2) is 6.29 Å². The summed E-state index contributed by atoms with van der Waals surface area (Å²) in [6, 6.07) is 13.6. The highest BCUT2D eigenvalue weighted by atomic mass is 16.7. The number of hydrogen-bond acceptors (Lipinski definition) is 13. The van der Waals surface area contributed by atoms with Crippen molar-refractivity contribution in [2.24, 2.45) is 5.92 Å². The summed E-state index contributed by atoms with van der Waals surface area (Å²) in [6.45, 7) is 1.47. The predicted octanol–water partition coefficient (Wildman–Crippen LogP) is -0.495. The third-order valence-electron chi connectivity index (χ3n) is 8.60. The van der Waals surface area contributed by atoms with Gasteiger partial charge in [-0.2, -0.15) is 0 Å². The van der Waals surface area contributed by atoms with Crippen LogP contribution in [0.1, 0.15) is 37.0 Å². The summed E-state index contributed by atoms with van der Waals surface area (Å²) in [5, 5.41) is 69.7. The number of benzene rings is 2. The van der Waals surface area contributed by atoms with Crippen LogP contribution in [0, 0.1) is 18.3 Å². The SMILES string of the molecule is C#CCCO[C@@H]1O[C@H](CO[C@@]2(C(=O)O)C[C@H](O)[C@@H](NC(C)=O)[C@H]([C@H](O)[C@H](O)CNC(=O)c3cccc(Oc4ccccc4)c3)O2)[C@H](O)[C@H](C)[C@H]1O. The Balaban J connectivity index is 1.46. The first kappa shape index (κ1) is 39.6. The van der Waals surface area contributed by atoms with Crippen LogP contribution in [0.2, 0.25) is 0 Å². The van der Waals surface area contributed by atoms with Gasteiger partial charge in [0, 0.05) is 37.8 Å². The number of amides is 2. The molecule has 16 nitrogen and oxygen atoms in total. The van der Waals surface area contributed by atoms with Gasteiger partial charge >= 0.3 is 5.97 Å². The van der Waals surface area contributed by atoms with Crippen LogP contribution >= 0.6 is 0 Å². The van der Waals surface area contributed by atoms with Crippen LogP contribution in [0.5, 0.6) is 11.5 Å². The first-order valence-electron chi connectivity index (χ1n) is 16.3. The zero-order valence-electron chi connectivity index (χ0n) is 28.0. The van der Waals surface area contributed by atoms with Crippen molar-refractivity contribution in [3.8, 4) is 23.8 Å². The topological polar surface area (TPSA) is 243 Å². The smallest absolute Gasteiger partial charge is 0.364 e. The van der Waals surface area contributed by atoms with Gasteiger partial charge in [-0.1, -0.05) is 31.2 Å². The summed E-state index contributed by atoms with van der Waals surface area (Å²) in [5.74, 6) is -3.23. The largest absolute Gasteiger partial charge is 0.477 e. The van der Waals surface area contributed by atoms with E-state index in [1.165, 1.54) is 19.1 Å². The summed E-state index contributed by atoms with van der Waals surface area (Å²) in [5.41, 5.74) is 0.168. The molecule has 278 valence electrons. The Labute approximate surface area is 294 Å². The van der Waals surface area contributed by atoms with Gasteiger partial charge in [0.05, 0.1) is 37.6 Å². The molecule has 0 spiro atoms. The molecule has 0 unspecified atom stereocenters. The summed E-state index contributed by atoms with van der Waals surface area (Å²) < 4.78 is 28.3. The molecule has 2 aromatic carbocycles. The molecule has 0 radical (unpaired) electrons. The molecule has 2 aliphatic heterocycles. The van der Waals surface area contributed by atoms with Crippen molar-refractivity contribution in [1.82, 2.24) is 10.6 Å². The molecule has 51 heavy (non-hydrogen) atoms. The fourth-order valence-corrected chi connectivity index (χ4v) is 5.76. The minimum Gasteiger partial charge on any atom is -0.477 e. The molecule has 2 aromatic rings. The van der Waals surface area contributed by atoms with Gasteiger partial charge in [-0.3, -0.25) is 9.59 Å². The molecular formula is C35H44N2O14. The van der Waals surface area contributed by atoms with Gasteiger partial charge in [0.2, 0.25) is 5.91 Å². The number of rotatable bonds is 15. The molecule has 2 saturated heterocycles. The molecule has 2 amide bonds. The highest BCUT2D eigenvalue weighted by Crippen LogP contribution is 2.35. The second-order valence-corrected chi connectivity index (χ2v) is 12.4. The Morgan fingerprint density at radius 1 is 1.06 bits per heavy atom. The lowest BCUT2D eigenvalue weighted by molar-refractivity contribution is -0.334. The number of carbonyl (C=O) groups is 3. The second-order valence-electron chi connectivity index (χ2n) is 12.4. The maximum absolute atomic E-state index is 13.0. The van der Waals surface area contributed by atoms with Crippen LogP contribution in [0.3, 0.4) is 0 Å². The third-order valence-corrected chi connectivity index (χ3v) is 8.60. The molecule has 2 heterocycles. The molecule has 0 aromatic heterocycles. The normalized spacial score (nSPS) is 30.3. The van der Waals surface area contributed by atoms with Crippen LogP contribution in [-0.4, -0.2) is 129 Å². The molecule has 0 saturated carbocycles. The van der Waals surface area contributed by atoms with Crippen LogP contribution in [-0.2, 0) is 28.5 Å². The van der Waals surface area contributed by atoms with Crippen molar-refractivity contribution in [3.05, 3.63) is 60.2 Å². The molecule has 0 bridgehead atoms. The van der Waals surface area contributed by atoms with E-state index in [0.717, 1.165) is 6.92 Å². The van der Waals surface area contributed by atoms with E-state index in [9.17, 15) is 45.0 Å². The number of para-hydroxylation sites is 1. The summed E-state index contributed by atoms with van der Waals surface area (Å²) in [6.07, 6.45) is -7.65. The van der Waals surface area contributed by atoms with E-state index in [2.05, 4.69) is 16.6 Å². The van der Waals surface area contributed by atoms with E-state index in [-0.39, 0.29) is 18.6 Å². The fourth-order valence-electron chi connectivity index (χ4n) is 5.76.